The van der Waals surface area contributed by atoms with Gasteiger partial charge in [0.15, 0.2) is 0 Å². The number of ether oxygens (including phenoxy) is 1. The van der Waals surface area contributed by atoms with Crippen LogP contribution in [0.5, 0.6) is 0 Å². The number of hydrogen-bond acceptors (Lipinski definition) is 2. The Labute approximate surface area is 107 Å². The molecule has 1 rings (SSSR count). The van der Waals surface area contributed by atoms with E-state index in [1.807, 2.05) is 0 Å². The standard InChI is InChI=1S/C10H9BrCl2O2/c1-2-15-9(14)5-6-3-7(11)10(13)8(12)4-6/h3-4H,2,5H2,1H3. The minimum atomic E-state index is -0.275. The van der Waals surface area contributed by atoms with Crippen LogP contribution >= 0.6 is 39.1 Å². The van der Waals surface area contributed by atoms with Crippen LogP contribution in [-0.2, 0) is 16.0 Å². The minimum Gasteiger partial charge on any atom is -0.466 e. The Hall–Kier alpha value is -0.250. The molecule has 0 aliphatic carbocycles. The molecule has 5 heteroatoms. The molecule has 82 valence electrons. The smallest absolute Gasteiger partial charge is 0.310 e. The molecule has 2 nitrogen and oxygen atoms in total. The van der Waals surface area contributed by atoms with Crippen molar-refractivity contribution in [2.24, 2.45) is 0 Å². The van der Waals surface area contributed by atoms with Crippen LogP contribution in [0.15, 0.2) is 16.6 Å². The van der Waals surface area contributed by atoms with Crippen LogP contribution < -0.4 is 0 Å². The molecule has 0 fully saturated rings. The van der Waals surface area contributed by atoms with E-state index in [0.717, 1.165) is 5.56 Å². The summed E-state index contributed by atoms with van der Waals surface area (Å²) in [5.41, 5.74) is 0.773. The molecule has 0 amide bonds. The highest BCUT2D eigenvalue weighted by atomic mass is 79.9. The Bertz CT molecular complexity index is 357. The van der Waals surface area contributed by atoms with Crippen molar-refractivity contribution < 1.29 is 9.53 Å². The predicted octanol–water partition coefficient (Wildman–Crippen LogP) is 3.86. The summed E-state index contributed by atoms with van der Waals surface area (Å²) >= 11 is 15.0. The molecule has 0 saturated carbocycles. The lowest BCUT2D eigenvalue weighted by atomic mass is 10.1. The second-order valence-electron chi connectivity index (χ2n) is 2.86. The summed E-state index contributed by atoms with van der Waals surface area (Å²) in [6.45, 7) is 2.14. The van der Waals surface area contributed by atoms with E-state index in [1.54, 1.807) is 19.1 Å². The Balaban J connectivity index is 2.83. The number of esters is 1. The highest BCUT2D eigenvalue weighted by Gasteiger charge is 2.09. The molecule has 0 atom stereocenters. The molecular weight excluding hydrogens is 303 g/mol. The quantitative estimate of drug-likeness (QED) is 0.626. The number of hydrogen-bond donors (Lipinski definition) is 0. The zero-order chi connectivity index (χ0) is 11.4. The first-order valence-corrected chi connectivity index (χ1v) is 5.88. The maximum atomic E-state index is 11.2. The zero-order valence-electron chi connectivity index (χ0n) is 8.02. The minimum absolute atomic E-state index is 0.198. The SMILES string of the molecule is CCOC(=O)Cc1cc(Cl)c(Cl)c(Br)c1. The molecule has 0 heterocycles. The molecular formula is C10H9BrCl2O2. The fourth-order valence-corrected chi connectivity index (χ4v) is 2.06. The normalized spacial score (nSPS) is 10.1. The molecule has 0 aromatic heterocycles. The van der Waals surface area contributed by atoms with Crippen LogP contribution in [-0.4, -0.2) is 12.6 Å². The molecule has 0 radical (unpaired) electrons. The third-order valence-corrected chi connectivity index (χ3v) is 3.35. The van der Waals surface area contributed by atoms with E-state index in [-0.39, 0.29) is 12.4 Å². The summed E-state index contributed by atoms with van der Waals surface area (Å²) in [4.78, 5) is 11.2. The summed E-state index contributed by atoms with van der Waals surface area (Å²) in [7, 11) is 0. The maximum Gasteiger partial charge on any atom is 0.310 e. The van der Waals surface area contributed by atoms with E-state index in [0.29, 0.717) is 21.1 Å². The van der Waals surface area contributed by atoms with Gasteiger partial charge in [-0.2, -0.15) is 0 Å². The van der Waals surface area contributed by atoms with Gasteiger partial charge in [-0.1, -0.05) is 23.2 Å². The number of rotatable bonds is 3. The lowest BCUT2D eigenvalue weighted by Gasteiger charge is -2.05. The van der Waals surface area contributed by atoms with Gasteiger partial charge < -0.3 is 4.74 Å². The molecule has 0 unspecified atom stereocenters. The van der Waals surface area contributed by atoms with Crippen LogP contribution in [0.3, 0.4) is 0 Å². The van der Waals surface area contributed by atoms with Crippen LogP contribution in [0.2, 0.25) is 10.0 Å². The maximum absolute atomic E-state index is 11.2. The van der Waals surface area contributed by atoms with Gasteiger partial charge in [0, 0.05) is 4.47 Å². The lowest BCUT2D eigenvalue weighted by molar-refractivity contribution is -0.142. The highest BCUT2D eigenvalue weighted by Crippen LogP contribution is 2.31. The average Bonchev–Trinajstić information content (AvgIpc) is 2.14. The van der Waals surface area contributed by atoms with Crippen molar-refractivity contribution in [3.05, 3.63) is 32.2 Å². The molecule has 0 saturated heterocycles. The second kappa shape index (κ2) is 5.73. The van der Waals surface area contributed by atoms with Gasteiger partial charge in [0.2, 0.25) is 0 Å². The van der Waals surface area contributed by atoms with Gasteiger partial charge in [-0.15, -0.1) is 0 Å². The van der Waals surface area contributed by atoms with Crippen molar-refractivity contribution >= 4 is 45.1 Å². The van der Waals surface area contributed by atoms with E-state index in [1.165, 1.54) is 0 Å². The molecule has 0 aliphatic heterocycles. The monoisotopic (exact) mass is 310 g/mol. The molecule has 0 spiro atoms. The third-order valence-electron chi connectivity index (χ3n) is 1.70. The fourth-order valence-electron chi connectivity index (χ4n) is 1.09. The molecule has 1 aromatic rings. The van der Waals surface area contributed by atoms with E-state index in [4.69, 9.17) is 27.9 Å². The van der Waals surface area contributed by atoms with Crippen LogP contribution in [0.25, 0.3) is 0 Å². The highest BCUT2D eigenvalue weighted by molar-refractivity contribution is 9.10. The van der Waals surface area contributed by atoms with Crippen molar-refractivity contribution in [1.29, 1.82) is 0 Å². The van der Waals surface area contributed by atoms with Gasteiger partial charge >= 0.3 is 5.97 Å². The van der Waals surface area contributed by atoms with Crippen LogP contribution in [0, 0.1) is 0 Å². The van der Waals surface area contributed by atoms with Gasteiger partial charge in [-0.25, -0.2) is 0 Å². The number of carbonyl (C=O) groups is 1. The number of benzene rings is 1. The lowest BCUT2D eigenvalue weighted by Crippen LogP contribution is -2.07. The Kier molecular flexibility index (Phi) is 4.90. The van der Waals surface area contributed by atoms with E-state index in [2.05, 4.69) is 15.9 Å². The fraction of sp³-hybridized carbons (Fsp3) is 0.300. The molecule has 1 aromatic carbocycles. The van der Waals surface area contributed by atoms with Gasteiger partial charge in [0.25, 0.3) is 0 Å². The Morgan fingerprint density at radius 2 is 2.13 bits per heavy atom. The first-order chi connectivity index (χ1) is 7.04. The van der Waals surface area contributed by atoms with Crippen LogP contribution in [0.1, 0.15) is 12.5 Å². The summed E-state index contributed by atoms with van der Waals surface area (Å²) in [5, 5.41) is 0.870. The van der Waals surface area contributed by atoms with Crippen molar-refractivity contribution in [2.75, 3.05) is 6.61 Å². The van der Waals surface area contributed by atoms with Crippen molar-refractivity contribution in [2.45, 2.75) is 13.3 Å². The van der Waals surface area contributed by atoms with Gasteiger partial charge in [-0.05, 0) is 40.5 Å². The van der Waals surface area contributed by atoms with Gasteiger partial charge in [-0.3, -0.25) is 4.79 Å². The van der Waals surface area contributed by atoms with Crippen molar-refractivity contribution in [1.82, 2.24) is 0 Å². The van der Waals surface area contributed by atoms with E-state index in [9.17, 15) is 4.79 Å². The van der Waals surface area contributed by atoms with Gasteiger partial charge in [0.1, 0.15) is 0 Å². The van der Waals surface area contributed by atoms with E-state index >= 15 is 0 Å². The first kappa shape index (κ1) is 12.8. The predicted molar refractivity (Wildman–Crippen MR) is 64.5 cm³/mol. The summed E-state index contributed by atoms with van der Waals surface area (Å²) in [5.74, 6) is -0.275. The number of carbonyl (C=O) groups excluding carboxylic acids is 1. The van der Waals surface area contributed by atoms with E-state index < -0.39 is 0 Å². The van der Waals surface area contributed by atoms with Crippen LogP contribution in [0.4, 0.5) is 0 Å². The third kappa shape index (κ3) is 3.67. The first-order valence-electron chi connectivity index (χ1n) is 4.33. The average molecular weight is 312 g/mol. The topological polar surface area (TPSA) is 26.3 Å². The molecule has 15 heavy (non-hydrogen) atoms. The summed E-state index contributed by atoms with van der Waals surface area (Å²) in [6, 6.07) is 3.41. The summed E-state index contributed by atoms with van der Waals surface area (Å²) < 4.78 is 5.50. The van der Waals surface area contributed by atoms with Crippen molar-refractivity contribution in [3.63, 3.8) is 0 Å². The van der Waals surface area contributed by atoms with Crippen molar-refractivity contribution in [3.8, 4) is 0 Å². The largest absolute Gasteiger partial charge is 0.466 e. The second-order valence-corrected chi connectivity index (χ2v) is 4.49. The molecule has 0 aliphatic rings. The van der Waals surface area contributed by atoms with Gasteiger partial charge in [0.05, 0.1) is 23.1 Å². The Morgan fingerprint density at radius 3 is 2.67 bits per heavy atom. The summed E-state index contributed by atoms with van der Waals surface area (Å²) in [6.07, 6.45) is 0.198. The Morgan fingerprint density at radius 1 is 1.47 bits per heavy atom. The number of halogens is 3. The molecule has 0 N–H and O–H groups in total. The molecule has 0 bridgehead atoms. The zero-order valence-corrected chi connectivity index (χ0v) is 11.1.